The smallest absolute Gasteiger partial charge is 0.327 e. The molecule has 0 saturated heterocycles. The maximum atomic E-state index is 10.9. The number of nitrogens with zero attached hydrogens (tertiary/aromatic N) is 2. The van der Waals surface area contributed by atoms with Crippen molar-refractivity contribution in [1.29, 1.82) is 0 Å². The number of carboxylic acids is 1. The summed E-state index contributed by atoms with van der Waals surface area (Å²) in [7, 11) is 0. The minimum atomic E-state index is -1.10. The summed E-state index contributed by atoms with van der Waals surface area (Å²) < 4.78 is 0. The summed E-state index contributed by atoms with van der Waals surface area (Å²) in [5.41, 5.74) is 0.328. The number of nitro groups is 1. The highest BCUT2D eigenvalue weighted by Crippen LogP contribution is 2.19. The van der Waals surface area contributed by atoms with Gasteiger partial charge in [-0.1, -0.05) is 0 Å². The number of terminal acetylenes is 1. The Morgan fingerprint density at radius 3 is 2.89 bits per heavy atom. The van der Waals surface area contributed by atoms with Crippen LogP contribution in [0, 0.1) is 29.4 Å². The number of aromatic nitrogens is 1. The molecule has 0 fully saturated rings. The van der Waals surface area contributed by atoms with E-state index in [0.29, 0.717) is 5.56 Å². The number of hydrogen-bond acceptors (Lipinski definition) is 5. The summed E-state index contributed by atoms with van der Waals surface area (Å²) in [5, 5.41) is 22.1. The Balaban J connectivity index is 2.94. The van der Waals surface area contributed by atoms with E-state index in [9.17, 15) is 14.9 Å². The van der Waals surface area contributed by atoms with Crippen LogP contribution in [0.5, 0.6) is 0 Å². The Kier molecular flexibility index (Phi) is 4.21. The number of nitrogens with one attached hydrogen (secondary N) is 1. The second-order valence-electron chi connectivity index (χ2n) is 3.56. The molecular formula is C11H11N3O4. The van der Waals surface area contributed by atoms with Gasteiger partial charge in [0.15, 0.2) is 0 Å². The van der Waals surface area contributed by atoms with E-state index in [0.717, 1.165) is 6.20 Å². The van der Waals surface area contributed by atoms with Crippen LogP contribution < -0.4 is 5.32 Å². The van der Waals surface area contributed by atoms with Crippen molar-refractivity contribution in [2.24, 2.45) is 0 Å². The van der Waals surface area contributed by atoms with Gasteiger partial charge in [-0.05, 0) is 12.5 Å². The Hall–Kier alpha value is -2.62. The van der Waals surface area contributed by atoms with Crippen LogP contribution in [-0.4, -0.2) is 27.0 Å². The van der Waals surface area contributed by atoms with Crippen LogP contribution in [0.3, 0.4) is 0 Å². The third-order valence-corrected chi connectivity index (χ3v) is 2.21. The molecule has 1 rings (SSSR count). The van der Waals surface area contributed by atoms with Gasteiger partial charge in [-0.2, -0.15) is 0 Å². The van der Waals surface area contributed by atoms with Crippen molar-refractivity contribution in [2.45, 2.75) is 19.4 Å². The zero-order chi connectivity index (χ0) is 13.7. The molecule has 0 aliphatic carbocycles. The number of anilines is 1. The van der Waals surface area contributed by atoms with Crippen molar-refractivity contribution in [1.82, 2.24) is 4.98 Å². The highest BCUT2D eigenvalue weighted by molar-refractivity contribution is 5.77. The van der Waals surface area contributed by atoms with Gasteiger partial charge in [0, 0.05) is 12.5 Å². The fraction of sp³-hybridized carbons (Fsp3) is 0.273. The molecule has 2 N–H and O–H groups in total. The topological polar surface area (TPSA) is 105 Å². The van der Waals surface area contributed by atoms with Crippen LogP contribution in [0.2, 0.25) is 0 Å². The van der Waals surface area contributed by atoms with E-state index >= 15 is 0 Å². The number of aliphatic carboxylic acids is 1. The molecule has 18 heavy (non-hydrogen) atoms. The largest absolute Gasteiger partial charge is 0.480 e. The van der Waals surface area contributed by atoms with E-state index in [1.807, 2.05) is 0 Å². The van der Waals surface area contributed by atoms with Crippen LogP contribution >= 0.6 is 0 Å². The average molecular weight is 249 g/mol. The van der Waals surface area contributed by atoms with E-state index < -0.39 is 16.9 Å². The monoisotopic (exact) mass is 249 g/mol. The number of aryl methyl sites for hydroxylation is 1. The van der Waals surface area contributed by atoms with Crippen molar-refractivity contribution in [3.8, 4) is 12.3 Å². The van der Waals surface area contributed by atoms with Crippen LogP contribution in [0.4, 0.5) is 11.5 Å². The van der Waals surface area contributed by atoms with Gasteiger partial charge >= 0.3 is 5.97 Å². The third-order valence-electron chi connectivity index (χ3n) is 2.21. The highest BCUT2D eigenvalue weighted by atomic mass is 16.6. The predicted octanol–water partition coefficient (Wildman–Crippen LogP) is 1.19. The summed E-state index contributed by atoms with van der Waals surface area (Å²) in [5.74, 6) is 1.40. The molecule has 0 radical (unpaired) electrons. The standard InChI is InChI=1S/C11H11N3O4/c1-3-4-9(11(15)16)13-10-7(2)5-8(6-12-10)14(17)18/h1,5-6,9H,4H2,2H3,(H,12,13)(H,15,16). The van der Waals surface area contributed by atoms with E-state index in [4.69, 9.17) is 11.5 Å². The summed E-state index contributed by atoms with van der Waals surface area (Å²) in [6, 6.07) is 0.340. The lowest BCUT2D eigenvalue weighted by atomic mass is 10.2. The van der Waals surface area contributed by atoms with Gasteiger partial charge in [0.05, 0.1) is 4.92 Å². The highest BCUT2D eigenvalue weighted by Gasteiger charge is 2.18. The van der Waals surface area contributed by atoms with Gasteiger partial charge < -0.3 is 10.4 Å². The van der Waals surface area contributed by atoms with Crippen LogP contribution in [0.15, 0.2) is 12.3 Å². The maximum Gasteiger partial charge on any atom is 0.327 e. The molecule has 0 aromatic carbocycles. The lowest BCUT2D eigenvalue weighted by molar-refractivity contribution is -0.385. The molecule has 0 bridgehead atoms. The second kappa shape index (κ2) is 5.63. The Morgan fingerprint density at radius 1 is 1.78 bits per heavy atom. The molecule has 1 aromatic heterocycles. The van der Waals surface area contributed by atoms with Crippen LogP contribution in [0.25, 0.3) is 0 Å². The first-order valence-corrected chi connectivity index (χ1v) is 4.99. The number of carbonyl (C=O) groups is 1. The third kappa shape index (κ3) is 3.18. The van der Waals surface area contributed by atoms with Gasteiger partial charge in [-0.15, -0.1) is 12.3 Å². The predicted molar refractivity (Wildman–Crippen MR) is 64.1 cm³/mol. The molecular weight excluding hydrogens is 238 g/mol. The maximum absolute atomic E-state index is 10.9. The van der Waals surface area contributed by atoms with Crippen molar-refractivity contribution in [3.63, 3.8) is 0 Å². The van der Waals surface area contributed by atoms with Crippen molar-refractivity contribution in [3.05, 3.63) is 27.9 Å². The van der Waals surface area contributed by atoms with Gasteiger partial charge in [-0.3, -0.25) is 10.1 Å². The molecule has 94 valence electrons. The van der Waals surface area contributed by atoms with Gasteiger partial charge in [0.2, 0.25) is 0 Å². The van der Waals surface area contributed by atoms with E-state index in [-0.39, 0.29) is 17.9 Å². The molecule has 7 nitrogen and oxygen atoms in total. The van der Waals surface area contributed by atoms with Gasteiger partial charge in [-0.25, -0.2) is 9.78 Å². The fourth-order valence-corrected chi connectivity index (χ4v) is 1.29. The van der Waals surface area contributed by atoms with E-state index in [1.165, 1.54) is 6.07 Å². The minimum Gasteiger partial charge on any atom is -0.480 e. The van der Waals surface area contributed by atoms with Crippen molar-refractivity contribution in [2.75, 3.05) is 5.32 Å². The Morgan fingerprint density at radius 2 is 2.44 bits per heavy atom. The normalized spacial score (nSPS) is 11.3. The molecule has 1 heterocycles. The Bertz CT molecular complexity index is 522. The molecule has 7 heteroatoms. The first-order chi connectivity index (χ1) is 8.45. The Labute approximate surface area is 103 Å². The number of rotatable bonds is 5. The molecule has 0 saturated carbocycles. The molecule has 1 aromatic rings. The summed E-state index contributed by atoms with van der Waals surface area (Å²) >= 11 is 0. The lowest BCUT2D eigenvalue weighted by Crippen LogP contribution is -2.29. The fourth-order valence-electron chi connectivity index (χ4n) is 1.29. The molecule has 0 aliphatic rings. The van der Waals surface area contributed by atoms with E-state index in [1.54, 1.807) is 6.92 Å². The zero-order valence-corrected chi connectivity index (χ0v) is 9.58. The quantitative estimate of drug-likeness (QED) is 0.461. The van der Waals surface area contributed by atoms with Gasteiger partial charge in [0.25, 0.3) is 5.69 Å². The zero-order valence-electron chi connectivity index (χ0n) is 9.58. The molecule has 1 atom stereocenters. The second-order valence-corrected chi connectivity index (χ2v) is 3.56. The molecule has 1 unspecified atom stereocenters. The van der Waals surface area contributed by atoms with Crippen LogP contribution in [-0.2, 0) is 4.79 Å². The first kappa shape index (κ1) is 13.4. The number of pyridine rings is 1. The minimum absolute atomic E-state index is 0.00651. The molecule has 0 aliphatic heterocycles. The summed E-state index contributed by atoms with van der Waals surface area (Å²) in [4.78, 5) is 24.7. The molecule has 0 amide bonds. The number of hydrogen-bond donors (Lipinski definition) is 2. The van der Waals surface area contributed by atoms with Gasteiger partial charge in [0.1, 0.15) is 18.1 Å². The van der Waals surface area contributed by atoms with Crippen molar-refractivity contribution >= 4 is 17.5 Å². The lowest BCUT2D eigenvalue weighted by Gasteiger charge is -2.13. The molecule has 0 spiro atoms. The number of carboxylic acid groups (broad SMARTS) is 1. The van der Waals surface area contributed by atoms with E-state index in [2.05, 4.69) is 16.2 Å². The SMILES string of the molecule is C#CCC(Nc1ncc([N+](=O)[O-])cc1C)C(=O)O. The van der Waals surface area contributed by atoms with Crippen molar-refractivity contribution < 1.29 is 14.8 Å². The summed E-state index contributed by atoms with van der Waals surface area (Å²) in [6.45, 7) is 1.59. The van der Waals surface area contributed by atoms with Crippen LogP contribution in [0.1, 0.15) is 12.0 Å². The first-order valence-electron chi connectivity index (χ1n) is 4.99. The average Bonchev–Trinajstić information content (AvgIpc) is 2.30. The summed E-state index contributed by atoms with van der Waals surface area (Å²) in [6.07, 6.45) is 6.11.